The van der Waals surface area contributed by atoms with Gasteiger partial charge in [-0.1, -0.05) is 23.4 Å². The van der Waals surface area contributed by atoms with Crippen LogP contribution in [0.15, 0.2) is 40.6 Å². The third-order valence-corrected chi connectivity index (χ3v) is 9.64. The molecule has 1 aliphatic carbocycles. The van der Waals surface area contributed by atoms with Gasteiger partial charge in [0.15, 0.2) is 0 Å². The van der Waals surface area contributed by atoms with Gasteiger partial charge in [-0.25, -0.2) is 9.78 Å². The van der Waals surface area contributed by atoms with Gasteiger partial charge in [0.1, 0.15) is 5.82 Å². The average Bonchev–Trinajstić information content (AvgIpc) is 3.44. The highest BCUT2D eigenvalue weighted by atomic mass is 35.5. The second-order valence-corrected chi connectivity index (χ2v) is 12.5. The average molecular weight is 657 g/mol. The molecule has 0 bridgehead atoms. The number of piperidine rings is 1. The Morgan fingerprint density at radius 3 is 2.71 bits per heavy atom. The molecule has 1 aliphatic heterocycles. The van der Waals surface area contributed by atoms with Crippen LogP contribution in [0.2, 0.25) is 5.02 Å². The minimum absolute atomic E-state index is 0.0498. The van der Waals surface area contributed by atoms with Crippen LogP contribution < -0.4 is 5.56 Å². The van der Waals surface area contributed by atoms with E-state index in [1.165, 1.54) is 11.3 Å². The Kier molecular flexibility index (Phi) is 8.72. The molecule has 4 heterocycles. The molecule has 13 heteroatoms. The summed E-state index contributed by atoms with van der Waals surface area (Å²) in [5.41, 5.74) is 3.91. The first kappa shape index (κ1) is 31.2. The van der Waals surface area contributed by atoms with Crippen molar-refractivity contribution in [2.75, 3.05) is 13.1 Å². The van der Waals surface area contributed by atoms with Gasteiger partial charge in [0.05, 0.1) is 34.1 Å². The van der Waals surface area contributed by atoms with Gasteiger partial charge in [-0.2, -0.15) is 0 Å². The van der Waals surface area contributed by atoms with Crippen LogP contribution in [0.4, 0.5) is 13.2 Å². The van der Waals surface area contributed by atoms with Gasteiger partial charge in [0, 0.05) is 58.0 Å². The molecule has 45 heavy (non-hydrogen) atoms. The number of carboxylic acids is 1. The number of halogens is 4. The maximum absolute atomic E-state index is 13.7. The molecule has 1 fully saturated rings. The number of carboxylic acid groups (broad SMARTS) is 1. The zero-order chi connectivity index (χ0) is 31.9. The molecule has 4 aromatic rings. The van der Waals surface area contributed by atoms with Crippen LogP contribution in [0, 0.1) is 18.8 Å². The Morgan fingerprint density at radius 2 is 1.98 bits per heavy atom. The Bertz CT molecular complexity index is 1900. The van der Waals surface area contributed by atoms with Crippen molar-refractivity contribution >= 4 is 39.1 Å². The number of fused-ring (bicyclic) bond motifs is 2. The van der Waals surface area contributed by atoms with E-state index < -0.39 is 18.4 Å². The van der Waals surface area contributed by atoms with Crippen LogP contribution in [0.1, 0.15) is 52.3 Å². The van der Waals surface area contributed by atoms with E-state index in [9.17, 15) is 27.9 Å². The molecule has 0 unspecified atom stereocenters. The number of hydrogen-bond acceptors (Lipinski definition) is 7. The third-order valence-electron chi connectivity index (χ3n) is 8.40. The number of rotatable bonds is 5. The van der Waals surface area contributed by atoms with E-state index in [0.717, 1.165) is 23.2 Å². The highest BCUT2D eigenvalue weighted by Gasteiger charge is 2.37. The molecule has 6 rings (SSSR count). The molecule has 0 amide bonds. The summed E-state index contributed by atoms with van der Waals surface area (Å²) in [6.45, 7) is 2.84. The summed E-state index contributed by atoms with van der Waals surface area (Å²) in [6.07, 6.45) is -1.43. The summed E-state index contributed by atoms with van der Waals surface area (Å²) in [6, 6.07) is 7.13. The van der Waals surface area contributed by atoms with Gasteiger partial charge in [0.25, 0.3) is 5.56 Å². The molecule has 0 spiro atoms. The largest absolute Gasteiger partial charge is 0.522 e. The number of nitrogens with zero attached hydrogens (tertiary/aromatic N) is 4. The smallest absolute Gasteiger partial charge is 0.478 e. The molecule has 234 valence electrons. The van der Waals surface area contributed by atoms with Crippen molar-refractivity contribution in [1.82, 2.24) is 19.4 Å². The minimum Gasteiger partial charge on any atom is -0.478 e. The molecule has 1 N–H and O–H groups in total. The quantitative estimate of drug-likeness (QED) is 0.260. The number of aromatic nitrogens is 3. The molecule has 1 saturated heterocycles. The van der Waals surface area contributed by atoms with Gasteiger partial charge >= 0.3 is 12.3 Å². The van der Waals surface area contributed by atoms with Crippen molar-refractivity contribution in [3.8, 4) is 23.0 Å². The zero-order valence-corrected chi connectivity index (χ0v) is 25.7. The molecular formula is C32H28ClF3N4O4S. The van der Waals surface area contributed by atoms with Gasteiger partial charge in [-0.05, 0) is 63.3 Å². The van der Waals surface area contributed by atoms with Crippen LogP contribution in [-0.4, -0.2) is 62.1 Å². The van der Waals surface area contributed by atoms with Crippen molar-refractivity contribution in [2.45, 2.75) is 64.1 Å². The van der Waals surface area contributed by atoms with Crippen LogP contribution in [0.3, 0.4) is 0 Å². The van der Waals surface area contributed by atoms with Crippen molar-refractivity contribution in [3.63, 3.8) is 0 Å². The second kappa shape index (κ2) is 12.6. The maximum atomic E-state index is 13.7. The van der Waals surface area contributed by atoms with E-state index in [0.29, 0.717) is 71.0 Å². The Labute approximate surface area is 265 Å². The molecule has 1 atom stereocenters. The van der Waals surface area contributed by atoms with Crippen molar-refractivity contribution in [3.05, 3.63) is 79.4 Å². The van der Waals surface area contributed by atoms with E-state index in [4.69, 9.17) is 16.6 Å². The van der Waals surface area contributed by atoms with Gasteiger partial charge in [0.2, 0.25) is 0 Å². The van der Waals surface area contributed by atoms with Crippen molar-refractivity contribution in [2.24, 2.45) is 0 Å². The minimum atomic E-state index is -4.63. The topological polar surface area (TPSA) is 97.5 Å². The predicted molar refractivity (Wildman–Crippen MR) is 165 cm³/mol. The number of aryl methyl sites for hydroxylation is 2. The highest BCUT2D eigenvalue weighted by molar-refractivity contribution is 7.18. The van der Waals surface area contributed by atoms with E-state index in [1.54, 1.807) is 47.3 Å². The number of ether oxygens (including phenoxy) is 1. The van der Waals surface area contributed by atoms with Crippen molar-refractivity contribution in [1.29, 1.82) is 0 Å². The van der Waals surface area contributed by atoms with Crippen LogP contribution in [-0.2, 0) is 24.1 Å². The summed E-state index contributed by atoms with van der Waals surface area (Å²) in [5.74, 6) is 5.79. The Hall–Kier alpha value is -3.76. The first-order chi connectivity index (χ1) is 21.5. The van der Waals surface area contributed by atoms with E-state index in [1.807, 2.05) is 0 Å². The van der Waals surface area contributed by atoms with Crippen molar-refractivity contribution < 1.29 is 27.8 Å². The maximum Gasteiger partial charge on any atom is 0.522 e. The normalized spacial score (nSPS) is 17.6. The van der Waals surface area contributed by atoms with E-state index in [2.05, 4.69) is 26.5 Å². The number of benzene rings is 1. The Morgan fingerprint density at radius 1 is 1.20 bits per heavy atom. The number of pyridine rings is 1. The standard InChI is InChI=1S/C32H28ClF3N4O4S/c1-18-38-27-7-6-21(39-13-9-22(10-14-39)44-32(34,35)36)16-25(27)30(41)40(18)12-2-3-19-4-5-20(33)15-24(19)23-8-11-37-28-26(31(42)43)17-45-29(23)28/h4-5,8,11,15,17,21-22H,6-7,9-10,12-14,16H2,1H3,(H,42,43)/t21-/m1/s1. The fourth-order valence-electron chi connectivity index (χ4n) is 6.21. The monoisotopic (exact) mass is 656 g/mol. The number of likely N-dealkylation sites (tertiary alicyclic amines) is 1. The number of thiophene rings is 1. The molecule has 2 aliphatic rings. The van der Waals surface area contributed by atoms with E-state index in [-0.39, 0.29) is 23.7 Å². The lowest BCUT2D eigenvalue weighted by atomic mass is 9.90. The lowest BCUT2D eigenvalue weighted by molar-refractivity contribution is -0.346. The number of alkyl halides is 3. The first-order valence-electron chi connectivity index (χ1n) is 14.4. The summed E-state index contributed by atoms with van der Waals surface area (Å²) in [4.78, 5) is 36.5. The van der Waals surface area contributed by atoms with Gasteiger partial charge in [-0.15, -0.1) is 24.5 Å². The molecule has 3 aromatic heterocycles. The molecule has 8 nitrogen and oxygen atoms in total. The second-order valence-electron chi connectivity index (χ2n) is 11.2. The molecule has 0 radical (unpaired) electrons. The van der Waals surface area contributed by atoms with Gasteiger partial charge < -0.3 is 5.11 Å². The first-order valence-corrected chi connectivity index (χ1v) is 15.7. The predicted octanol–water partition coefficient (Wildman–Crippen LogP) is 6.09. The van der Waals surface area contributed by atoms with Gasteiger partial charge in [-0.3, -0.25) is 24.0 Å². The zero-order valence-electron chi connectivity index (χ0n) is 24.2. The van der Waals surface area contributed by atoms with Crippen LogP contribution in [0.25, 0.3) is 21.3 Å². The summed E-state index contributed by atoms with van der Waals surface area (Å²) in [7, 11) is 0. The third kappa shape index (κ3) is 6.63. The number of hydrogen-bond donors (Lipinski definition) is 1. The number of carbonyl (C=O) groups is 1. The SMILES string of the molecule is Cc1nc2c(c(=O)n1CC#Cc1ccc(Cl)cc1-c1ccnc3c(C(=O)O)csc13)C[C@H](N1CCC(OC(F)(F)F)CC1)CC2. The molecular weight excluding hydrogens is 629 g/mol. The summed E-state index contributed by atoms with van der Waals surface area (Å²) in [5, 5.41) is 11.6. The molecule has 1 aromatic carbocycles. The summed E-state index contributed by atoms with van der Waals surface area (Å²) < 4.78 is 44.4. The highest BCUT2D eigenvalue weighted by Crippen LogP contribution is 2.36. The Balaban J connectivity index is 1.23. The number of aromatic carboxylic acids is 1. The lowest BCUT2D eigenvalue weighted by Crippen LogP contribution is -2.47. The molecule has 0 saturated carbocycles. The fourth-order valence-corrected chi connectivity index (χ4v) is 7.41. The van der Waals surface area contributed by atoms with E-state index >= 15 is 0 Å². The summed E-state index contributed by atoms with van der Waals surface area (Å²) >= 11 is 7.64. The fraction of sp³-hybridized carbons (Fsp3) is 0.375. The van der Waals surface area contributed by atoms with Crippen LogP contribution in [0.5, 0.6) is 0 Å². The lowest BCUT2D eigenvalue weighted by Gasteiger charge is -2.39. The van der Waals surface area contributed by atoms with Crippen LogP contribution >= 0.6 is 22.9 Å².